The molecule has 7 heteroatoms. The largest absolute Gasteiger partial charge is 0.288 e. The molecule has 0 bridgehead atoms. The second-order valence-corrected chi connectivity index (χ2v) is 3.21. The van der Waals surface area contributed by atoms with E-state index in [1.165, 1.54) is 6.07 Å². The smallest absolute Gasteiger partial charge is 0.266 e. The Kier molecular flexibility index (Phi) is 2.82. The quantitative estimate of drug-likeness (QED) is 0.608. The number of anilines is 1. The van der Waals surface area contributed by atoms with Crippen molar-refractivity contribution >= 4 is 5.95 Å². The van der Waals surface area contributed by atoms with E-state index in [0.29, 0.717) is 11.3 Å². The molecule has 0 unspecified atom stereocenters. The van der Waals surface area contributed by atoms with Gasteiger partial charge >= 0.3 is 0 Å². The molecular weight excluding hydrogens is 224 g/mol. The van der Waals surface area contributed by atoms with Crippen molar-refractivity contribution in [1.29, 1.82) is 0 Å². The molecule has 0 aliphatic carbocycles. The summed E-state index contributed by atoms with van der Waals surface area (Å²) in [4.78, 5) is 27.7. The standard InChI is InChI=1S/C10H8N4O3/c15-9-6-8(7-4-2-1-3-5-7)11-10(12-9)13-14(16)17/h1-6H,(H2,11,12,13,15). The molecule has 86 valence electrons. The Morgan fingerprint density at radius 3 is 2.65 bits per heavy atom. The fourth-order valence-corrected chi connectivity index (χ4v) is 1.35. The topological polar surface area (TPSA) is 101 Å². The van der Waals surface area contributed by atoms with Crippen LogP contribution in [0.5, 0.6) is 0 Å². The summed E-state index contributed by atoms with van der Waals surface area (Å²) in [5.41, 5.74) is 2.44. The van der Waals surface area contributed by atoms with Crippen LogP contribution in [0.1, 0.15) is 0 Å². The number of H-pyrrole nitrogens is 1. The van der Waals surface area contributed by atoms with Gasteiger partial charge in [-0.3, -0.25) is 9.78 Å². The molecule has 2 rings (SSSR count). The van der Waals surface area contributed by atoms with E-state index in [1.807, 2.05) is 11.5 Å². The molecule has 0 fully saturated rings. The molecule has 0 atom stereocenters. The monoisotopic (exact) mass is 232 g/mol. The highest BCUT2D eigenvalue weighted by Gasteiger charge is 2.06. The van der Waals surface area contributed by atoms with Gasteiger partial charge in [0.15, 0.2) is 5.03 Å². The number of nitro groups is 1. The fourth-order valence-electron chi connectivity index (χ4n) is 1.35. The zero-order valence-corrected chi connectivity index (χ0v) is 8.58. The molecule has 1 aromatic heterocycles. The van der Waals surface area contributed by atoms with Crippen molar-refractivity contribution in [3.05, 3.63) is 56.9 Å². The second-order valence-electron chi connectivity index (χ2n) is 3.21. The first-order valence-electron chi connectivity index (χ1n) is 4.73. The summed E-state index contributed by atoms with van der Waals surface area (Å²) in [6, 6.07) is 10.2. The Bertz CT molecular complexity index is 594. The van der Waals surface area contributed by atoms with Crippen molar-refractivity contribution in [2.45, 2.75) is 0 Å². The number of nitrogens with zero attached hydrogens (tertiary/aromatic N) is 2. The number of hydrazine groups is 1. The SMILES string of the molecule is O=c1cc(-c2ccccc2)nc(N[N+](=O)[O-])[nH]1. The molecule has 2 aromatic rings. The maximum atomic E-state index is 11.3. The summed E-state index contributed by atoms with van der Waals surface area (Å²) in [5, 5.41) is 9.48. The van der Waals surface area contributed by atoms with Crippen molar-refractivity contribution in [2.24, 2.45) is 0 Å². The van der Waals surface area contributed by atoms with Crippen LogP contribution in [0, 0.1) is 10.1 Å². The zero-order chi connectivity index (χ0) is 12.3. The molecule has 17 heavy (non-hydrogen) atoms. The Labute approximate surface area is 95.3 Å². The number of hydrogen-bond donors (Lipinski definition) is 2. The van der Waals surface area contributed by atoms with Crippen LogP contribution in [0.15, 0.2) is 41.2 Å². The van der Waals surface area contributed by atoms with Gasteiger partial charge in [0.25, 0.3) is 11.5 Å². The van der Waals surface area contributed by atoms with Crippen LogP contribution in [0.25, 0.3) is 11.3 Å². The van der Waals surface area contributed by atoms with Crippen molar-refractivity contribution in [2.75, 3.05) is 5.43 Å². The normalized spacial score (nSPS) is 9.88. The Morgan fingerprint density at radius 2 is 2.00 bits per heavy atom. The number of hydrogen-bond acceptors (Lipinski definition) is 4. The van der Waals surface area contributed by atoms with E-state index in [2.05, 4.69) is 9.97 Å². The molecule has 0 radical (unpaired) electrons. The maximum absolute atomic E-state index is 11.3. The van der Waals surface area contributed by atoms with Gasteiger partial charge in [-0.25, -0.2) is 15.1 Å². The first-order chi connectivity index (χ1) is 8.15. The minimum Gasteiger partial charge on any atom is -0.288 e. The lowest BCUT2D eigenvalue weighted by atomic mass is 10.1. The van der Waals surface area contributed by atoms with Crippen LogP contribution in [0.4, 0.5) is 5.95 Å². The average molecular weight is 232 g/mol. The van der Waals surface area contributed by atoms with Crippen molar-refractivity contribution < 1.29 is 5.03 Å². The van der Waals surface area contributed by atoms with Gasteiger partial charge in [0.1, 0.15) is 0 Å². The van der Waals surface area contributed by atoms with Crippen LogP contribution in [-0.2, 0) is 0 Å². The Morgan fingerprint density at radius 1 is 1.29 bits per heavy atom. The van der Waals surface area contributed by atoms with Gasteiger partial charge in [0.2, 0.25) is 0 Å². The molecule has 7 nitrogen and oxygen atoms in total. The molecule has 1 heterocycles. The predicted molar refractivity (Wildman–Crippen MR) is 60.9 cm³/mol. The molecule has 0 saturated heterocycles. The molecule has 0 amide bonds. The fraction of sp³-hybridized carbons (Fsp3) is 0. The maximum Gasteiger partial charge on any atom is 0.266 e. The van der Waals surface area contributed by atoms with Gasteiger partial charge in [-0.05, 0) is 0 Å². The van der Waals surface area contributed by atoms with Gasteiger partial charge in [0, 0.05) is 11.6 Å². The Hall–Kier alpha value is -2.70. The van der Waals surface area contributed by atoms with E-state index in [4.69, 9.17) is 0 Å². The third-order valence-corrected chi connectivity index (χ3v) is 2.01. The number of benzene rings is 1. The summed E-state index contributed by atoms with van der Waals surface area (Å²) in [6.45, 7) is 0. The highest BCUT2D eigenvalue weighted by atomic mass is 16.7. The Balaban J connectivity index is 2.45. The highest BCUT2D eigenvalue weighted by molar-refractivity contribution is 5.59. The molecule has 0 aliphatic heterocycles. The van der Waals surface area contributed by atoms with E-state index in [0.717, 1.165) is 0 Å². The predicted octanol–water partition coefficient (Wildman–Crippen LogP) is 1.04. The summed E-state index contributed by atoms with van der Waals surface area (Å²) in [5.74, 6) is -0.193. The lowest BCUT2D eigenvalue weighted by Crippen LogP contribution is -2.16. The van der Waals surface area contributed by atoms with Crippen LogP contribution in [-0.4, -0.2) is 15.0 Å². The summed E-state index contributed by atoms with van der Waals surface area (Å²) in [7, 11) is 0. The number of aromatic amines is 1. The van der Waals surface area contributed by atoms with E-state index < -0.39 is 10.6 Å². The lowest BCUT2D eigenvalue weighted by molar-refractivity contribution is -0.446. The second kappa shape index (κ2) is 4.44. The van der Waals surface area contributed by atoms with Crippen molar-refractivity contribution in [3.8, 4) is 11.3 Å². The molecule has 2 N–H and O–H groups in total. The zero-order valence-electron chi connectivity index (χ0n) is 8.58. The summed E-state index contributed by atoms with van der Waals surface area (Å²) in [6.07, 6.45) is 0. The van der Waals surface area contributed by atoms with Crippen LogP contribution in [0.2, 0.25) is 0 Å². The minimum absolute atomic E-state index is 0.193. The molecular formula is C10H8N4O3. The number of rotatable bonds is 3. The average Bonchev–Trinajstić information content (AvgIpc) is 2.28. The van der Waals surface area contributed by atoms with Crippen molar-refractivity contribution in [1.82, 2.24) is 9.97 Å². The molecule has 1 aromatic carbocycles. The van der Waals surface area contributed by atoms with Crippen LogP contribution in [0.3, 0.4) is 0 Å². The van der Waals surface area contributed by atoms with E-state index >= 15 is 0 Å². The van der Waals surface area contributed by atoms with Crippen LogP contribution >= 0.6 is 0 Å². The summed E-state index contributed by atoms with van der Waals surface area (Å²) >= 11 is 0. The van der Waals surface area contributed by atoms with Gasteiger partial charge in [-0.2, -0.15) is 0 Å². The first-order valence-corrected chi connectivity index (χ1v) is 4.73. The molecule has 0 spiro atoms. The first kappa shape index (κ1) is 10.8. The molecule has 0 saturated carbocycles. The number of nitrogens with one attached hydrogen (secondary N) is 2. The number of aromatic nitrogens is 2. The lowest BCUT2D eigenvalue weighted by Gasteiger charge is -2.01. The summed E-state index contributed by atoms with van der Waals surface area (Å²) < 4.78 is 0. The van der Waals surface area contributed by atoms with Crippen LogP contribution < -0.4 is 11.0 Å². The van der Waals surface area contributed by atoms with Gasteiger partial charge in [-0.1, -0.05) is 35.8 Å². The van der Waals surface area contributed by atoms with E-state index in [1.54, 1.807) is 24.3 Å². The highest BCUT2D eigenvalue weighted by Crippen LogP contribution is 2.15. The van der Waals surface area contributed by atoms with E-state index in [-0.39, 0.29) is 5.95 Å². The minimum atomic E-state index is -0.785. The van der Waals surface area contributed by atoms with Gasteiger partial charge in [0.05, 0.1) is 5.69 Å². The molecule has 0 aliphatic rings. The van der Waals surface area contributed by atoms with Crippen molar-refractivity contribution in [3.63, 3.8) is 0 Å². The van der Waals surface area contributed by atoms with Gasteiger partial charge < -0.3 is 0 Å². The third-order valence-electron chi connectivity index (χ3n) is 2.01. The van der Waals surface area contributed by atoms with Gasteiger partial charge in [-0.15, -0.1) is 0 Å². The van der Waals surface area contributed by atoms with E-state index in [9.17, 15) is 14.9 Å². The third kappa shape index (κ3) is 2.65.